The van der Waals surface area contributed by atoms with E-state index in [1.165, 1.54) is 22.8 Å². The van der Waals surface area contributed by atoms with E-state index in [0.29, 0.717) is 19.0 Å². The maximum Gasteiger partial charge on any atom is 0.214 e. The summed E-state index contributed by atoms with van der Waals surface area (Å²) in [5.74, 6) is 4.74. The summed E-state index contributed by atoms with van der Waals surface area (Å²) in [6.45, 7) is 10.2. The smallest absolute Gasteiger partial charge is 0.214 e. The Morgan fingerprint density at radius 2 is 1.89 bits per heavy atom. The highest BCUT2D eigenvalue weighted by atomic mass is 127. The van der Waals surface area contributed by atoms with Gasteiger partial charge in [-0.15, -0.1) is 24.0 Å². The van der Waals surface area contributed by atoms with Gasteiger partial charge in [0, 0.05) is 36.8 Å². The summed E-state index contributed by atoms with van der Waals surface area (Å²) in [5, 5.41) is 6.55. The molecule has 0 bridgehead atoms. The van der Waals surface area contributed by atoms with Gasteiger partial charge in [-0.3, -0.25) is 0 Å². The number of rotatable bonds is 6. The van der Waals surface area contributed by atoms with Gasteiger partial charge in [-0.05, 0) is 38.5 Å². The minimum atomic E-state index is 0. The Bertz CT molecular complexity index is 737. The number of guanidine groups is 1. The molecular formula is C20H30IN5OS. The average Bonchev–Trinajstić information content (AvgIpc) is 3.03. The van der Waals surface area contributed by atoms with Crippen LogP contribution in [0.15, 0.2) is 33.7 Å². The molecule has 0 saturated carbocycles. The Morgan fingerprint density at radius 1 is 1.18 bits per heavy atom. The molecule has 1 fully saturated rings. The second-order valence-electron chi connectivity index (χ2n) is 6.56. The fourth-order valence-electron chi connectivity index (χ4n) is 2.92. The second-order valence-corrected chi connectivity index (χ2v) is 7.79. The van der Waals surface area contributed by atoms with Crippen LogP contribution in [0.1, 0.15) is 29.8 Å². The van der Waals surface area contributed by atoms with Crippen molar-refractivity contribution in [1.29, 1.82) is 0 Å². The van der Waals surface area contributed by atoms with Crippen molar-refractivity contribution in [2.45, 2.75) is 33.9 Å². The van der Waals surface area contributed by atoms with Gasteiger partial charge < -0.3 is 20.0 Å². The fraction of sp³-hybridized carbons (Fsp3) is 0.500. The summed E-state index contributed by atoms with van der Waals surface area (Å²) in [4.78, 5) is 11.5. The van der Waals surface area contributed by atoms with Crippen LogP contribution in [0.2, 0.25) is 0 Å². The molecule has 8 heteroatoms. The zero-order chi connectivity index (χ0) is 19.1. The lowest BCUT2D eigenvalue weighted by Crippen LogP contribution is -2.36. The summed E-state index contributed by atoms with van der Waals surface area (Å²) >= 11 is 2.03. The molecule has 2 aromatic rings. The van der Waals surface area contributed by atoms with Crippen molar-refractivity contribution >= 4 is 47.4 Å². The van der Waals surface area contributed by atoms with Crippen LogP contribution in [0, 0.1) is 13.8 Å². The molecule has 0 unspecified atom stereocenters. The molecule has 2 heterocycles. The van der Waals surface area contributed by atoms with Gasteiger partial charge in [-0.2, -0.15) is 11.8 Å². The second kappa shape index (κ2) is 11.5. The van der Waals surface area contributed by atoms with E-state index in [2.05, 4.69) is 56.7 Å². The molecule has 0 atom stereocenters. The van der Waals surface area contributed by atoms with E-state index in [4.69, 9.17) is 4.42 Å². The molecule has 1 saturated heterocycles. The predicted octanol–water partition coefficient (Wildman–Crippen LogP) is 3.72. The lowest BCUT2D eigenvalue weighted by Gasteiger charge is -2.28. The van der Waals surface area contributed by atoms with Crippen molar-refractivity contribution in [2.75, 3.05) is 36.0 Å². The molecule has 0 spiro atoms. The number of aromatic nitrogens is 1. The quantitative estimate of drug-likeness (QED) is 0.348. The van der Waals surface area contributed by atoms with Crippen LogP contribution in [0.25, 0.3) is 0 Å². The van der Waals surface area contributed by atoms with Crippen LogP contribution in [0.5, 0.6) is 0 Å². The Balaban J connectivity index is 0.00000280. The first-order valence-corrected chi connectivity index (χ1v) is 10.7. The van der Waals surface area contributed by atoms with Gasteiger partial charge in [0.05, 0.1) is 18.8 Å². The van der Waals surface area contributed by atoms with Crippen molar-refractivity contribution in [3.8, 4) is 0 Å². The molecule has 0 amide bonds. The maximum absolute atomic E-state index is 5.61. The zero-order valence-electron chi connectivity index (χ0n) is 16.8. The van der Waals surface area contributed by atoms with Gasteiger partial charge in [-0.25, -0.2) is 9.98 Å². The van der Waals surface area contributed by atoms with Gasteiger partial charge in [0.25, 0.3) is 0 Å². The van der Waals surface area contributed by atoms with Crippen LogP contribution < -0.4 is 15.5 Å². The number of hydrogen-bond donors (Lipinski definition) is 2. The summed E-state index contributed by atoms with van der Waals surface area (Å²) in [6.07, 6.45) is 0. The van der Waals surface area contributed by atoms with E-state index in [1.54, 1.807) is 0 Å². The minimum Gasteiger partial charge on any atom is -0.444 e. The third-order valence-electron chi connectivity index (χ3n) is 4.56. The van der Waals surface area contributed by atoms with E-state index in [9.17, 15) is 0 Å². The monoisotopic (exact) mass is 515 g/mol. The van der Waals surface area contributed by atoms with Gasteiger partial charge >= 0.3 is 0 Å². The molecule has 1 aromatic carbocycles. The zero-order valence-corrected chi connectivity index (χ0v) is 20.0. The standard InChI is InChI=1S/C20H29N5OS.HI/c1-4-21-20(23-14-19-24-15(2)16(3)26-19)22-13-17-5-7-18(8-6-17)25-9-11-27-12-10-25;/h5-8H,4,9-14H2,1-3H3,(H2,21,22,23);1H. The first kappa shape index (κ1) is 22.9. The molecule has 2 N–H and O–H groups in total. The number of nitrogens with zero attached hydrogens (tertiary/aromatic N) is 3. The number of nitrogens with one attached hydrogen (secondary N) is 2. The molecule has 1 aromatic heterocycles. The lowest BCUT2D eigenvalue weighted by atomic mass is 10.2. The first-order valence-electron chi connectivity index (χ1n) is 9.52. The molecule has 6 nitrogen and oxygen atoms in total. The molecule has 3 rings (SSSR count). The molecule has 0 aliphatic carbocycles. The summed E-state index contributed by atoms with van der Waals surface area (Å²) in [7, 11) is 0. The Kier molecular flexibility index (Phi) is 9.43. The first-order chi connectivity index (χ1) is 13.2. The molecular weight excluding hydrogens is 485 g/mol. The van der Waals surface area contributed by atoms with Crippen molar-refractivity contribution in [2.24, 2.45) is 4.99 Å². The fourth-order valence-corrected chi connectivity index (χ4v) is 3.82. The van der Waals surface area contributed by atoms with E-state index in [1.807, 2.05) is 25.6 Å². The number of oxazole rings is 1. The molecule has 0 radical (unpaired) electrons. The van der Waals surface area contributed by atoms with Gasteiger partial charge in [0.2, 0.25) is 5.89 Å². The van der Waals surface area contributed by atoms with Crippen LogP contribution in [0.3, 0.4) is 0 Å². The predicted molar refractivity (Wildman–Crippen MR) is 129 cm³/mol. The normalized spacial score (nSPS) is 14.5. The van der Waals surface area contributed by atoms with Crippen molar-refractivity contribution < 1.29 is 4.42 Å². The van der Waals surface area contributed by atoms with Gasteiger partial charge in [0.1, 0.15) is 5.76 Å². The van der Waals surface area contributed by atoms with E-state index in [0.717, 1.165) is 37.0 Å². The summed E-state index contributed by atoms with van der Waals surface area (Å²) in [5.41, 5.74) is 3.44. The Labute approximate surface area is 189 Å². The van der Waals surface area contributed by atoms with Gasteiger partial charge in [0.15, 0.2) is 5.96 Å². The van der Waals surface area contributed by atoms with Crippen LogP contribution in [0.4, 0.5) is 5.69 Å². The van der Waals surface area contributed by atoms with E-state index >= 15 is 0 Å². The van der Waals surface area contributed by atoms with Crippen LogP contribution in [-0.2, 0) is 13.1 Å². The van der Waals surface area contributed by atoms with Crippen molar-refractivity contribution in [1.82, 2.24) is 15.6 Å². The number of anilines is 1. The van der Waals surface area contributed by atoms with E-state index in [-0.39, 0.29) is 24.0 Å². The maximum atomic E-state index is 5.61. The summed E-state index contributed by atoms with van der Waals surface area (Å²) < 4.78 is 5.61. The van der Waals surface area contributed by atoms with Crippen molar-refractivity contribution in [3.63, 3.8) is 0 Å². The highest BCUT2D eigenvalue weighted by Gasteiger charge is 2.11. The minimum absolute atomic E-state index is 0. The Hall–Kier alpha value is -1.42. The highest BCUT2D eigenvalue weighted by Crippen LogP contribution is 2.20. The van der Waals surface area contributed by atoms with Gasteiger partial charge in [-0.1, -0.05) is 12.1 Å². The van der Waals surface area contributed by atoms with Crippen LogP contribution in [-0.4, -0.2) is 42.1 Å². The SMILES string of the molecule is CCNC(=NCc1ccc(N2CCSCC2)cc1)NCc1nc(C)c(C)o1.I. The topological polar surface area (TPSA) is 65.7 Å². The number of halogens is 1. The third-order valence-corrected chi connectivity index (χ3v) is 5.50. The highest BCUT2D eigenvalue weighted by molar-refractivity contribution is 14.0. The number of benzene rings is 1. The number of thioether (sulfide) groups is 1. The average molecular weight is 515 g/mol. The number of aliphatic imine (C=N–C) groups is 1. The Morgan fingerprint density at radius 3 is 2.50 bits per heavy atom. The molecule has 154 valence electrons. The largest absolute Gasteiger partial charge is 0.444 e. The third kappa shape index (κ3) is 6.58. The van der Waals surface area contributed by atoms with Crippen molar-refractivity contribution in [3.05, 3.63) is 47.2 Å². The van der Waals surface area contributed by atoms with Crippen LogP contribution >= 0.6 is 35.7 Å². The summed E-state index contributed by atoms with van der Waals surface area (Å²) in [6, 6.07) is 8.76. The molecule has 1 aliphatic heterocycles. The molecule has 28 heavy (non-hydrogen) atoms. The number of hydrogen-bond acceptors (Lipinski definition) is 5. The lowest BCUT2D eigenvalue weighted by molar-refractivity contribution is 0.463. The molecule has 1 aliphatic rings. The van der Waals surface area contributed by atoms with E-state index < -0.39 is 0 Å². The number of aryl methyl sites for hydroxylation is 2.